The van der Waals surface area contributed by atoms with Gasteiger partial charge >= 0.3 is 0 Å². The molecule has 124 valence electrons. The number of hydrogen-bond acceptors (Lipinski definition) is 5. The van der Waals surface area contributed by atoms with Crippen molar-refractivity contribution in [2.75, 3.05) is 12.4 Å². The van der Waals surface area contributed by atoms with Crippen LogP contribution >= 0.6 is 0 Å². The average Bonchev–Trinajstić information content (AvgIpc) is 2.80. The minimum Gasteiger partial charge on any atom is -0.480 e. The predicted octanol–water partition coefficient (Wildman–Crippen LogP) is 0.566. The molecule has 0 spiro atoms. The Morgan fingerprint density at radius 2 is 2.13 bits per heavy atom. The van der Waals surface area contributed by atoms with E-state index in [0.717, 1.165) is 5.56 Å². The molecule has 0 fully saturated rings. The van der Waals surface area contributed by atoms with E-state index in [0.29, 0.717) is 17.3 Å². The summed E-state index contributed by atoms with van der Waals surface area (Å²) in [5, 5.41) is 7.79. The van der Waals surface area contributed by atoms with Gasteiger partial charge in [-0.2, -0.15) is 0 Å². The Morgan fingerprint density at radius 1 is 1.43 bits per heavy atom. The van der Waals surface area contributed by atoms with Crippen molar-refractivity contribution >= 4 is 21.6 Å². The molecule has 2 heterocycles. The van der Waals surface area contributed by atoms with Crippen LogP contribution in [0.4, 0.5) is 5.69 Å². The molecule has 1 amide bonds. The monoisotopic (exact) mass is 338 g/mol. The molecule has 0 saturated carbocycles. The summed E-state index contributed by atoms with van der Waals surface area (Å²) >= 11 is 0. The third-order valence-electron chi connectivity index (χ3n) is 3.21. The highest BCUT2D eigenvalue weighted by atomic mass is 32.2. The molecule has 8 nitrogen and oxygen atoms in total. The first kappa shape index (κ1) is 17.0. The number of pyridine rings is 1. The van der Waals surface area contributed by atoms with Crippen molar-refractivity contribution < 1.29 is 17.9 Å². The predicted molar refractivity (Wildman–Crippen MR) is 84.6 cm³/mol. The third kappa shape index (κ3) is 4.08. The number of anilines is 1. The van der Waals surface area contributed by atoms with E-state index in [-0.39, 0.29) is 17.2 Å². The zero-order chi connectivity index (χ0) is 17.2. The fraction of sp³-hybridized carbons (Fsp3) is 0.286. The first-order valence-corrected chi connectivity index (χ1v) is 8.24. The molecule has 0 aromatic carbocycles. The standard InChI is InChI=1S/C14H18N4O4S/c1-9-4-12(14(22-3)16-7-9)17-13(19)6-10-5-11(8-18(10)2)23(15,20)21/h4-5,7-8H,6H2,1-3H3,(H,17,19)(H2,15,20,21). The van der Waals surface area contributed by atoms with Gasteiger partial charge in [-0.25, -0.2) is 18.5 Å². The van der Waals surface area contributed by atoms with Crippen LogP contribution in [0, 0.1) is 6.92 Å². The molecule has 3 N–H and O–H groups in total. The summed E-state index contributed by atoms with van der Waals surface area (Å²) in [7, 11) is -0.692. The fourth-order valence-electron chi connectivity index (χ4n) is 2.08. The van der Waals surface area contributed by atoms with Crippen LogP contribution in [-0.2, 0) is 28.3 Å². The lowest BCUT2D eigenvalue weighted by molar-refractivity contribution is -0.115. The minimum atomic E-state index is -3.80. The SMILES string of the molecule is COc1ncc(C)cc1NC(=O)Cc1cc(S(N)(=O)=O)cn1C. The molecule has 0 aliphatic carbocycles. The topological polar surface area (TPSA) is 116 Å². The highest BCUT2D eigenvalue weighted by Gasteiger charge is 2.16. The van der Waals surface area contributed by atoms with Crippen LogP contribution in [0.15, 0.2) is 29.4 Å². The number of rotatable bonds is 5. The van der Waals surface area contributed by atoms with E-state index < -0.39 is 10.0 Å². The largest absolute Gasteiger partial charge is 0.480 e. The van der Waals surface area contributed by atoms with Crippen LogP contribution in [0.2, 0.25) is 0 Å². The summed E-state index contributed by atoms with van der Waals surface area (Å²) in [6.07, 6.45) is 2.99. The van der Waals surface area contributed by atoms with Crippen LogP contribution in [0.5, 0.6) is 5.88 Å². The van der Waals surface area contributed by atoms with Crippen molar-refractivity contribution in [2.45, 2.75) is 18.2 Å². The van der Waals surface area contributed by atoms with E-state index in [1.54, 1.807) is 23.9 Å². The second-order valence-corrected chi connectivity index (χ2v) is 6.68. The van der Waals surface area contributed by atoms with E-state index >= 15 is 0 Å². The van der Waals surface area contributed by atoms with Crippen molar-refractivity contribution in [3.8, 4) is 5.88 Å². The molecular formula is C14H18N4O4S. The number of amides is 1. The van der Waals surface area contributed by atoms with Gasteiger partial charge in [0.2, 0.25) is 21.8 Å². The summed E-state index contributed by atoms with van der Waals surface area (Å²) in [5.74, 6) is -0.0149. The molecular weight excluding hydrogens is 320 g/mol. The fourth-order valence-corrected chi connectivity index (χ4v) is 2.68. The quantitative estimate of drug-likeness (QED) is 0.826. The molecule has 0 saturated heterocycles. The van der Waals surface area contributed by atoms with E-state index in [1.165, 1.54) is 19.4 Å². The number of carbonyl (C=O) groups excluding carboxylic acids is 1. The number of sulfonamides is 1. The van der Waals surface area contributed by atoms with E-state index in [1.807, 2.05) is 6.92 Å². The van der Waals surface area contributed by atoms with Crippen molar-refractivity contribution in [3.63, 3.8) is 0 Å². The highest BCUT2D eigenvalue weighted by molar-refractivity contribution is 7.89. The van der Waals surface area contributed by atoms with Crippen LogP contribution in [-0.4, -0.2) is 31.0 Å². The number of methoxy groups -OCH3 is 1. The smallest absolute Gasteiger partial charge is 0.239 e. The number of aryl methyl sites for hydroxylation is 2. The Balaban J connectivity index is 2.18. The van der Waals surface area contributed by atoms with Crippen LogP contribution in [0.25, 0.3) is 0 Å². The Morgan fingerprint density at radius 3 is 2.70 bits per heavy atom. The van der Waals surface area contributed by atoms with Crippen LogP contribution < -0.4 is 15.2 Å². The number of hydrogen-bond donors (Lipinski definition) is 2. The maximum Gasteiger partial charge on any atom is 0.239 e. The third-order valence-corrected chi connectivity index (χ3v) is 4.09. The number of nitrogens with two attached hydrogens (primary N) is 1. The molecule has 23 heavy (non-hydrogen) atoms. The molecule has 2 rings (SSSR count). The zero-order valence-corrected chi connectivity index (χ0v) is 13.8. The normalized spacial score (nSPS) is 11.3. The van der Waals surface area contributed by atoms with Crippen LogP contribution in [0.1, 0.15) is 11.3 Å². The van der Waals surface area contributed by atoms with Gasteiger partial charge in [-0.1, -0.05) is 0 Å². The molecule has 0 unspecified atom stereocenters. The first-order chi connectivity index (χ1) is 10.7. The van der Waals surface area contributed by atoms with Crippen molar-refractivity contribution in [1.29, 1.82) is 0 Å². The van der Waals surface area contributed by atoms with Gasteiger partial charge in [0.25, 0.3) is 0 Å². The first-order valence-electron chi connectivity index (χ1n) is 6.69. The number of ether oxygens (including phenoxy) is 1. The Hall–Kier alpha value is -2.39. The Bertz CT molecular complexity index is 842. The average molecular weight is 338 g/mol. The lowest BCUT2D eigenvalue weighted by Crippen LogP contribution is -2.17. The number of nitrogens with zero attached hydrogens (tertiary/aromatic N) is 2. The molecule has 0 aliphatic heterocycles. The van der Waals surface area contributed by atoms with Gasteiger partial charge in [-0.05, 0) is 24.6 Å². The van der Waals surface area contributed by atoms with Gasteiger partial charge in [0.15, 0.2) is 0 Å². The van der Waals surface area contributed by atoms with Crippen molar-refractivity contribution in [3.05, 3.63) is 35.8 Å². The molecule has 0 aliphatic rings. The lowest BCUT2D eigenvalue weighted by Gasteiger charge is -2.10. The van der Waals surface area contributed by atoms with Gasteiger partial charge in [0.1, 0.15) is 5.69 Å². The van der Waals surface area contributed by atoms with Gasteiger partial charge in [-0.3, -0.25) is 4.79 Å². The molecule has 9 heteroatoms. The number of aromatic nitrogens is 2. The molecule has 0 radical (unpaired) electrons. The summed E-state index contributed by atoms with van der Waals surface area (Å²) in [6, 6.07) is 3.12. The van der Waals surface area contributed by atoms with Crippen molar-refractivity contribution in [2.24, 2.45) is 12.2 Å². The minimum absolute atomic E-state index is 0.0108. The molecule has 2 aromatic heterocycles. The summed E-state index contributed by atoms with van der Waals surface area (Å²) in [4.78, 5) is 16.2. The summed E-state index contributed by atoms with van der Waals surface area (Å²) < 4.78 is 29.3. The number of primary sulfonamides is 1. The van der Waals surface area contributed by atoms with E-state index in [2.05, 4.69) is 10.3 Å². The van der Waals surface area contributed by atoms with Gasteiger partial charge in [-0.15, -0.1) is 0 Å². The highest BCUT2D eigenvalue weighted by Crippen LogP contribution is 2.22. The summed E-state index contributed by atoms with van der Waals surface area (Å²) in [6.45, 7) is 1.84. The zero-order valence-electron chi connectivity index (χ0n) is 13.0. The molecule has 0 bridgehead atoms. The Kier molecular flexibility index (Phi) is 4.71. The van der Waals surface area contributed by atoms with Gasteiger partial charge in [0.05, 0.1) is 18.4 Å². The summed E-state index contributed by atoms with van der Waals surface area (Å²) in [5.41, 5.74) is 1.85. The maximum absolute atomic E-state index is 12.2. The second-order valence-electron chi connectivity index (χ2n) is 5.12. The maximum atomic E-state index is 12.2. The molecule has 0 atom stereocenters. The number of carbonyl (C=O) groups is 1. The molecule has 2 aromatic rings. The van der Waals surface area contributed by atoms with E-state index in [4.69, 9.17) is 9.88 Å². The van der Waals surface area contributed by atoms with Crippen molar-refractivity contribution in [1.82, 2.24) is 9.55 Å². The van der Waals surface area contributed by atoms with Gasteiger partial charge < -0.3 is 14.6 Å². The van der Waals surface area contributed by atoms with Gasteiger partial charge in [0, 0.05) is 25.1 Å². The number of nitrogens with one attached hydrogen (secondary N) is 1. The van der Waals surface area contributed by atoms with Crippen LogP contribution in [0.3, 0.4) is 0 Å². The lowest BCUT2D eigenvalue weighted by atomic mass is 10.2. The second kappa shape index (κ2) is 6.39. The van der Waals surface area contributed by atoms with E-state index in [9.17, 15) is 13.2 Å². The Labute approximate surface area is 134 Å².